The van der Waals surface area contributed by atoms with Crippen LogP contribution in [-0.4, -0.2) is 31.7 Å². The van der Waals surface area contributed by atoms with Crippen LogP contribution in [-0.2, 0) is 18.3 Å². The average molecular weight is 533 g/mol. The van der Waals surface area contributed by atoms with E-state index >= 15 is 0 Å². The predicted octanol–water partition coefficient (Wildman–Crippen LogP) is 5.57. The Kier molecular flexibility index (Phi) is 6.92. The minimum atomic E-state index is -0.642. The Hall–Kier alpha value is -5.23. The van der Waals surface area contributed by atoms with Crippen LogP contribution in [0.3, 0.4) is 0 Å². The maximum atomic E-state index is 12.5. The normalized spacial score (nSPS) is 11.9. The number of hydrogen-bond acceptors (Lipinski definition) is 6. The molecule has 1 amide bonds. The summed E-state index contributed by atoms with van der Waals surface area (Å²) in [6.45, 7) is 5.41. The molecule has 0 saturated heterocycles. The lowest BCUT2D eigenvalue weighted by molar-refractivity contribution is 0.0523. The van der Waals surface area contributed by atoms with Crippen molar-refractivity contribution in [1.82, 2.24) is 25.3 Å². The first-order valence-electron chi connectivity index (χ1n) is 12.7. The lowest BCUT2D eigenvalue weighted by Gasteiger charge is -2.19. The van der Waals surface area contributed by atoms with Gasteiger partial charge in [-0.05, 0) is 66.9 Å². The maximum Gasteiger partial charge on any atom is 0.407 e. The molecule has 0 atom stereocenters. The Balaban J connectivity index is 1.54. The number of nitrogens with one attached hydrogen (secondary N) is 2. The number of amides is 1. The van der Waals surface area contributed by atoms with Gasteiger partial charge in [-0.15, -0.1) is 0 Å². The molecular formula is C31H28N6O3. The average Bonchev–Trinajstić information content (AvgIpc) is 3.29. The van der Waals surface area contributed by atoms with E-state index in [9.17, 15) is 14.9 Å². The fourth-order valence-corrected chi connectivity index (χ4v) is 4.51. The zero-order chi connectivity index (χ0) is 28.4. The molecule has 0 spiro atoms. The highest BCUT2D eigenvalue weighted by atomic mass is 16.6. The number of aromatic amines is 1. The second-order valence-electron chi connectivity index (χ2n) is 10.4. The Labute approximate surface area is 230 Å². The molecule has 2 aromatic heterocycles. The molecule has 0 saturated carbocycles. The molecule has 40 heavy (non-hydrogen) atoms. The quantitative estimate of drug-likeness (QED) is 0.285. The lowest BCUT2D eigenvalue weighted by Crippen LogP contribution is -2.32. The first-order valence-corrected chi connectivity index (χ1v) is 12.7. The standard InChI is InChI=1S/C31H28N6O3/c1-31(2,3)40-30(39)33-18-27-25-14-22(11-12-24(25)29(38)36-35-27)26-17-34-37(4)28(26)15-23(16-32)21-10-9-19-7-5-6-8-20(19)13-21/h5-15,17H,18H2,1-4H3,(H,33,39)(H,36,38)/b23-15+. The van der Waals surface area contributed by atoms with E-state index in [-0.39, 0.29) is 12.1 Å². The van der Waals surface area contributed by atoms with Crippen molar-refractivity contribution < 1.29 is 9.53 Å². The summed E-state index contributed by atoms with van der Waals surface area (Å²) in [5.74, 6) is 0. The van der Waals surface area contributed by atoms with E-state index in [1.165, 1.54) is 0 Å². The second kappa shape index (κ2) is 10.5. The van der Waals surface area contributed by atoms with Gasteiger partial charge in [0.1, 0.15) is 5.60 Å². The number of carbonyl (C=O) groups is 1. The summed E-state index contributed by atoms with van der Waals surface area (Å²) in [5, 5.41) is 27.0. The van der Waals surface area contributed by atoms with Crippen LogP contribution in [0.1, 0.15) is 37.7 Å². The fraction of sp³-hybridized carbons (Fsp3) is 0.194. The van der Waals surface area contributed by atoms with E-state index in [0.717, 1.165) is 33.2 Å². The van der Waals surface area contributed by atoms with Crippen molar-refractivity contribution in [1.29, 1.82) is 5.26 Å². The van der Waals surface area contributed by atoms with Gasteiger partial charge in [0, 0.05) is 18.0 Å². The number of fused-ring (bicyclic) bond motifs is 2. The molecule has 0 radical (unpaired) electrons. The molecule has 0 aliphatic heterocycles. The number of ether oxygens (including phenoxy) is 1. The van der Waals surface area contributed by atoms with Crippen molar-refractivity contribution in [3.8, 4) is 17.2 Å². The van der Waals surface area contributed by atoms with Gasteiger partial charge in [0.05, 0.1) is 41.2 Å². The molecule has 5 aromatic rings. The molecule has 0 unspecified atom stereocenters. The Morgan fingerprint density at radius 2 is 1.88 bits per heavy atom. The van der Waals surface area contributed by atoms with E-state index in [1.54, 1.807) is 37.7 Å². The molecule has 200 valence electrons. The van der Waals surface area contributed by atoms with Gasteiger partial charge in [-0.1, -0.05) is 42.5 Å². The molecular weight excluding hydrogens is 504 g/mol. The SMILES string of the molecule is Cn1ncc(-c2ccc3c(=O)[nH]nc(CNC(=O)OC(C)(C)C)c3c2)c1/C=C(\C#N)c1ccc2ccccc2c1. The minimum Gasteiger partial charge on any atom is -0.444 e. The monoisotopic (exact) mass is 532 g/mol. The van der Waals surface area contributed by atoms with Crippen LogP contribution >= 0.6 is 0 Å². The number of allylic oxidation sites excluding steroid dienone is 1. The maximum absolute atomic E-state index is 12.5. The smallest absolute Gasteiger partial charge is 0.407 e. The van der Waals surface area contributed by atoms with Gasteiger partial charge in [-0.2, -0.15) is 15.5 Å². The molecule has 0 aliphatic rings. The van der Waals surface area contributed by atoms with Gasteiger partial charge in [-0.25, -0.2) is 9.89 Å². The third-order valence-electron chi connectivity index (χ3n) is 6.42. The first kappa shape index (κ1) is 26.4. The number of rotatable bonds is 5. The molecule has 9 nitrogen and oxygen atoms in total. The number of H-pyrrole nitrogens is 1. The largest absolute Gasteiger partial charge is 0.444 e. The van der Waals surface area contributed by atoms with E-state index in [4.69, 9.17) is 4.74 Å². The third kappa shape index (κ3) is 5.47. The van der Waals surface area contributed by atoms with Crippen LogP contribution in [0.2, 0.25) is 0 Å². The summed E-state index contributed by atoms with van der Waals surface area (Å²) >= 11 is 0. The second-order valence-corrected chi connectivity index (χ2v) is 10.4. The highest BCUT2D eigenvalue weighted by Gasteiger charge is 2.18. The van der Waals surface area contributed by atoms with Gasteiger partial charge in [0.15, 0.2) is 0 Å². The number of alkyl carbamates (subject to hydrolysis) is 1. The Bertz CT molecular complexity index is 1890. The van der Waals surface area contributed by atoms with Crippen LogP contribution in [0.5, 0.6) is 0 Å². The first-order chi connectivity index (χ1) is 19.1. The summed E-state index contributed by atoms with van der Waals surface area (Å²) in [7, 11) is 1.81. The van der Waals surface area contributed by atoms with Gasteiger partial charge < -0.3 is 10.1 Å². The minimum absolute atomic E-state index is 0.0615. The number of benzene rings is 3. The van der Waals surface area contributed by atoms with Crippen molar-refractivity contribution in [2.45, 2.75) is 32.9 Å². The van der Waals surface area contributed by atoms with Crippen molar-refractivity contribution in [3.05, 3.63) is 94.2 Å². The van der Waals surface area contributed by atoms with Crippen molar-refractivity contribution >= 4 is 39.3 Å². The molecule has 3 aromatic carbocycles. The van der Waals surface area contributed by atoms with E-state index < -0.39 is 11.7 Å². The number of hydrogen-bond donors (Lipinski definition) is 2. The summed E-state index contributed by atoms with van der Waals surface area (Å²) in [6.07, 6.45) is 2.96. The number of nitriles is 1. The molecule has 0 bridgehead atoms. The molecule has 9 heteroatoms. The molecule has 5 rings (SSSR count). The van der Waals surface area contributed by atoms with Crippen LogP contribution in [0.25, 0.3) is 44.3 Å². The van der Waals surface area contributed by atoms with Crippen molar-refractivity contribution in [2.75, 3.05) is 0 Å². The topological polar surface area (TPSA) is 126 Å². The Morgan fingerprint density at radius 1 is 1.10 bits per heavy atom. The highest BCUT2D eigenvalue weighted by molar-refractivity contribution is 5.96. The highest BCUT2D eigenvalue weighted by Crippen LogP contribution is 2.30. The molecule has 2 heterocycles. The van der Waals surface area contributed by atoms with Gasteiger partial charge in [0.25, 0.3) is 5.56 Å². The van der Waals surface area contributed by atoms with E-state index in [2.05, 4.69) is 26.7 Å². The third-order valence-corrected chi connectivity index (χ3v) is 6.42. The number of aromatic nitrogens is 4. The fourth-order valence-electron chi connectivity index (χ4n) is 4.51. The summed E-state index contributed by atoms with van der Waals surface area (Å²) in [5.41, 5.74) is 3.11. The van der Waals surface area contributed by atoms with Crippen LogP contribution in [0, 0.1) is 11.3 Å². The molecule has 0 fully saturated rings. The summed E-state index contributed by atoms with van der Waals surface area (Å²) in [6, 6.07) is 21.7. The molecule has 2 N–H and O–H groups in total. The van der Waals surface area contributed by atoms with Gasteiger partial charge in [-0.3, -0.25) is 9.48 Å². The zero-order valence-electron chi connectivity index (χ0n) is 22.6. The van der Waals surface area contributed by atoms with Crippen molar-refractivity contribution in [3.63, 3.8) is 0 Å². The van der Waals surface area contributed by atoms with Gasteiger partial charge in [0.2, 0.25) is 0 Å². The summed E-state index contributed by atoms with van der Waals surface area (Å²) < 4.78 is 7.03. The number of carbonyl (C=O) groups excluding carboxylic acids is 1. The molecule has 0 aliphatic carbocycles. The zero-order valence-corrected chi connectivity index (χ0v) is 22.6. The van der Waals surface area contributed by atoms with E-state index in [0.29, 0.717) is 22.0 Å². The van der Waals surface area contributed by atoms with Crippen molar-refractivity contribution in [2.24, 2.45) is 7.05 Å². The number of aryl methyl sites for hydroxylation is 1. The predicted molar refractivity (Wildman–Crippen MR) is 155 cm³/mol. The Morgan fingerprint density at radius 3 is 2.62 bits per heavy atom. The lowest BCUT2D eigenvalue weighted by atomic mass is 9.98. The van der Waals surface area contributed by atoms with Crippen LogP contribution in [0.15, 0.2) is 71.7 Å². The van der Waals surface area contributed by atoms with Gasteiger partial charge >= 0.3 is 6.09 Å². The van der Waals surface area contributed by atoms with Crippen LogP contribution in [0.4, 0.5) is 4.79 Å². The number of nitrogens with zero attached hydrogens (tertiary/aromatic N) is 4. The van der Waals surface area contributed by atoms with E-state index in [1.807, 2.05) is 67.7 Å². The summed E-state index contributed by atoms with van der Waals surface area (Å²) in [4.78, 5) is 24.7. The van der Waals surface area contributed by atoms with Crippen LogP contribution < -0.4 is 10.9 Å².